The van der Waals surface area contributed by atoms with Crippen molar-refractivity contribution in [1.82, 2.24) is 5.32 Å². The molecule has 126 valence electrons. The van der Waals surface area contributed by atoms with E-state index in [4.69, 9.17) is 9.47 Å². The molecule has 0 spiro atoms. The summed E-state index contributed by atoms with van der Waals surface area (Å²) in [5.74, 6) is -0.455. The third kappa shape index (κ3) is 7.35. The Morgan fingerprint density at radius 2 is 1.91 bits per heavy atom. The average molecular weight is 321 g/mol. The molecule has 1 amide bonds. The summed E-state index contributed by atoms with van der Waals surface area (Å²) in [5.41, 5.74) is 0.0801. The highest BCUT2D eigenvalue weighted by molar-refractivity contribution is 5.80. The highest BCUT2D eigenvalue weighted by atomic mass is 16.6. The first-order valence-electron chi connectivity index (χ1n) is 7.26. The second-order valence-electron chi connectivity index (χ2n) is 5.98. The van der Waals surface area contributed by atoms with Crippen LogP contribution in [0.25, 0.3) is 0 Å². The van der Waals surface area contributed by atoms with E-state index in [0.29, 0.717) is 12.4 Å². The van der Waals surface area contributed by atoms with Gasteiger partial charge in [-0.1, -0.05) is 24.8 Å². The van der Waals surface area contributed by atoms with Crippen molar-refractivity contribution in [2.75, 3.05) is 6.61 Å². The Labute approximate surface area is 136 Å². The summed E-state index contributed by atoms with van der Waals surface area (Å²) in [6.45, 7) is 9.10. The number of carboxylic acid groups (broad SMARTS) is 1. The SMILES string of the molecule is C=CCOc1ccc(C[C@@H](NC(=O)OC(C)(C)C)C(=O)O)cc1. The number of hydrogen-bond donors (Lipinski definition) is 2. The summed E-state index contributed by atoms with van der Waals surface area (Å²) < 4.78 is 10.4. The van der Waals surface area contributed by atoms with Gasteiger partial charge in [0.1, 0.15) is 24.0 Å². The molecular weight excluding hydrogens is 298 g/mol. The van der Waals surface area contributed by atoms with Crippen LogP contribution >= 0.6 is 0 Å². The maximum absolute atomic E-state index is 11.7. The molecule has 0 saturated heterocycles. The second-order valence-corrected chi connectivity index (χ2v) is 5.98. The Bertz CT molecular complexity index is 545. The first kappa shape index (κ1) is 18.5. The topological polar surface area (TPSA) is 84.9 Å². The molecule has 1 atom stereocenters. The molecular formula is C17H23NO5. The Balaban J connectivity index is 2.67. The van der Waals surface area contributed by atoms with Crippen LogP contribution in [0.1, 0.15) is 26.3 Å². The third-order valence-corrected chi connectivity index (χ3v) is 2.72. The van der Waals surface area contributed by atoms with Crippen LogP contribution in [0.3, 0.4) is 0 Å². The van der Waals surface area contributed by atoms with Gasteiger partial charge < -0.3 is 19.9 Å². The minimum atomic E-state index is -1.12. The van der Waals surface area contributed by atoms with Gasteiger partial charge in [0.25, 0.3) is 0 Å². The van der Waals surface area contributed by atoms with Gasteiger partial charge >= 0.3 is 12.1 Å². The van der Waals surface area contributed by atoms with Crippen LogP contribution in [0.2, 0.25) is 0 Å². The number of aliphatic carboxylic acids is 1. The highest BCUT2D eigenvalue weighted by Gasteiger charge is 2.24. The first-order chi connectivity index (χ1) is 10.7. The monoisotopic (exact) mass is 321 g/mol. The molecule has 1 aromatic carbocycles. The average Bonchev–Trinajstić information content (AvgIpc) is 2.43. The normalized spacial score (nSPS) is 12.1. The fourth-order valence-electron chi connectivity index (χ4n) is 1.76. The van der Waals surface area contributed by atoms with E-state index in [-0.39, 0.29) is 6.42 Å². The number of nitrogens with one attached hydrogen (secondary N) is 1. The Morgan fingerprint density at radius 3 is 2.39 bits per heavy atom. The summed E-state index contributed by atoms with van der Waals surface area (Å²) in [7, 11) is 0. The highest BCUT2D eigenvalue weighted by Crippen LogP contribution is 2.14. The largest absolute Gasteiger partial charge is 0.490 e. The van der Waals surface area contributed by atoms with Gasteiger partial charge in [0.2, 0.25) is 0 Å². The van der Waals surface area contributed by atoms with E-state index in [1.165, 1.54) is 0 Å². The van der Waals surface area contributed by atoms with Gasteiger partial charge in [0, 0.05) is 6.42 Å². The quantitative estimate of drug-likeness (QED) is 0.754. The van der Waals surface area contributed by atoms with E-state index < -0.39 is 23.7 Å². The zero-order valence-electron chi connectivity index (χ0n) is 13.7. The van der Waals surface area contributed by atoms with Crippen molar-refractivity contribution in [3.05, 3.63) is 42.5 Å². The van der Waals surface area contributed by atoms with Crippen molar-refractivity contribution in [3.63, 3.8) is 0 Å². The van der Waals surface area contributed by atoms with E-state index in [1.54, 1.807) is 51.1 Å². The van der Waals surface area contributed by atoms with Crippen molar-refractivity contribution in [3.8, 4) is 5.75 Å². The van der Waals surface area contributed by atoms with Crippen molar-refractivity contribution < 1.29 is 24.2 Å². The predicted molar refractivity (Wildman–Crippen MR) is 86.6 cm³/mol. The Morgan fingerprint density at radius 1 is 1.30 bits per heavy atom. The van der Waals surface area contributed by atoms with Gasteiger partial charge in [0.05, 0.1) is 0 Å². The van der Waals surface area contributed by atoms with Gasteiger partial charge in [0.15, 0.2) is 0 Å². The summed E-state index contributed by atoms with van der Waals surface area (Å²) in [6, 6.07) is 5.93. The molecule has 0 heterocycles. The van der Waals surface area contributed by atoms with Crippen molar-refractivity contribution in [1.29, 1.82) is 0 Å². The smallest absolute Gasteiger partial charge is 0.408 e. The van der Waals surface area contributed by atoms with Crippen LogP contribution in [0.4, 0.5) is 4.79 Å². The summed E-state index contributed by atoms with van der Waals surface area (Å²) in [4.78, 5) is 23.0. The standard InChI is InChI=1S/C17H23NO5/c1-5-10-22-13-8-6-12(7-9-13)11-14(15(19)20)18-16(21)23-17(2,3)4/h5-9,14H,1,10-11H2,2-4H3,(H,18,21)(H,19,20)/t14-/m1/s1. The number of carboxylic acids is 1. The van der Waals surface area contributed by atoms with Crippen LogP contribution in [-0.2, 0) is 16.0 Å². The predicted octanol–water partition coefficient (Wildman–Crippen LogP) is 2.77. The summed E-state index contributed by atoms with van der Waals surface area (Å²) in [6.07, 6.45) is 1.03. The molecule has 0 radical (unpaired) electrons. The van der Waals surface area contributed by atoms with E-state index in [2.05, 4.69) is 11.9 Å². The lowest BCUT2D eigenvalue weighted by atomic mass is 10.1. The molecule has 2 N–H and O–H groups in total. The maximum atomic E-state index is 11.7. The number of benzene rings is 1. The van der Waals surface area contributed by atoms with Crippen LogP contribution in [0.15, 0.2) is 36.9 Å². The number of amides is 1. The van der Waals surface area contributed by atoms with Crippen LogP contribution < -0.4 is 10.1 Å². The molecule has 0 fully saturated rings. The number of carbonyl (C=O) groups excluding carboxylic acids is 1. The lowest BCUT2D eigenvalue weighted by molar-refractivity contribution is -0.139. The van der Waals surface area contributed by atoms with Gasteiger partial charge in [-0.3, -0.25) is 0 Å². The van der Waals surface area contributed by atoms with Crippen molar-refractivity contribution in [2.24, 2.45) is 0 Å². The molecule has 0 saturated carbocycles. The number of rotatable bonds is 7. The molecule has 0 unspecified atom stereocenters. The van der Waals surface area contributed by atoms with Crippen molar-refractivity contribution >= 4 is 12.1 Å². The Kier molecular flexibility index (Phi) is 6.63. The fourth-order valence-corrected chi connectivity index (χ4v) is 1.76. The third-order valence-electron chi connectivity index (χ3n) is 2.72. The van der Waals surface area contributed by atoms with E-state index >= 15 is 0 Å². The van der Waals surface area contributed by atoms with Crippen LogP contribution in [0, 0.1) is 0 Å². The molecule has 6 heteroatoms. The minimum Gasteiger partial charge on any atom is -0.490 e. The van der Waals surface area contributed by atoms with E-state index in [9.17, 15) is 14.7 Å². The number of hydrogen-bond acceptors (Lipinski definition) is 4. The fraction of sp³-hybridized carbons (Fsp3) is 0.412. The maximum Gasteiger partial charge on any atom is 0.408 e. The molecule has 1 rings (SSSR count). The van der Waals surface area contributed by atoms with E-state index in [0.717, 1.165) is 5.56 Å². The lowest BCUT2D eigenvalue weighted by Gasteiger charge is -2.22. The molecule has 0 aliphatic carbocycles. The minimum absolute atomic E-state index is 0.149. The zero-order valence-corrected chi connectivity index (χ0v) is 13.7. The number of carbonyl (C=O) groups is 2. The molecule has 0 aliphatic rings. The summed E-state index contributed by atoms with van der Waals surface area (Å²) in [5, 5.41) is 11.6. The molecule has 23 heavy (non-hydrogen) atoms. The molecule has 0 aliphatic heterocycles. The second kappa shape index (κ2) is 8.22. The first-order valence-corrected chi connectivity index (χ1v) is 7.26. The number of ether oxygens (including phenoxy) is 2. The van der Waals surface area contributed by atoms with Crippen LogP contribution in [-0.4, -0.2) is 35.4 Å². The molecule has 1 aromatic rings. The van der Waals surface area contributed by atoms with Crippen molar-refractivity contribution in [2.45, 2.75) is 38.8 Å². The van der Waals surface area contributed by atoms with Gasteiger partial charge in [-0.15, -0.1) is 0 Å². The Hall–Kier alpha value is -2.50. The molecule has 0 aromatic heterocycles. The van der Waals surface area contributed by atoms with Gasteiger partial charge in [-0.05, 0) is 38.5 Å². The molecule has 6 nitrogen and oxygen atoms in total. The van der Waals surface area contributed by atoms with Crippen LogP contribution in [0.5, 0.6) is 5.75 Å². The number of alkyl carbamates (subject to hydrolysis) is 1. The van der Waals surface area contributed by atoms with Gasteiger partial charge in [-0.25, -0.2) is 9.59 Å². The zero-order chi connectivity index (χ0) is 17.5. The molecule has 0 bridgehead atoms. The van der Waals surface area contributed by atoms with Gasteiger partial charge in [-0.2, -0.15) is 0 Å². The summed E-state index contributed by atoms with van der Waals surface area (Å²) >= 11 is 0. The van der Waals surface area contributed by atoms with E-state index in [1.807, 2.05) is 0 Å². The lowest BCUT2D eigenvalue weighted by Crippen LogP contribution is -2.44.